The molecule has 20 heavy (non-hydrogen) atoms. The minimum atomic E-state index is -0.0558. The highest BCUT2D eigenvalue weighted by Gasteiger charge is 2.32. The van der Waals surface area contributed by atoms with Crippen molar-refractivity contribution >= 4 is 63.5 Å². The molecule has 1 heterocycles. The molecule has 1 fully saturated rings. The van der Waals surface area contributed by atoms with Crippen LogP contribution >= 0.6 is 47.2 Å². The van der Waals surface area contributed by atoms with Crippen LogP contribution in [0.25, 0.3) is 6.08 Å². The van der Waals surface area contributed by atoms with Crippen molar-refractivity contribution in [3.05, 3.63) is 38.7 Å². The summed E-state index contributed by atoms with van der Waals surface area (Å²) in [7, 11) is 0. The number of halogens is 2. The van der Waals surface area contributed by atoms with Gasteiger partial charge in [-0.1, -0.05) is 67.1 Å². The summed E-state index contributed by atoms with van der Waals surface area (Å²) in [5.41, 5.74) is 0.765. The summed E-state index contributed by atoms with van der Waals surface area (Å²) in [5, 5.41) is 1.09. The summed E-state index contributed by atoms with van der Waals surface area (Å²) in [5.74, 6) is 0.315. The highest BCUT2D eigenvalue weighted by molar-refractivity contribution is 8.26. The first-order chi connectivity index (χ1) is 9.38. The van der Waals surface area contributed by atoms with Gasteiger partial charge in [-0.25, -0.2) is 0 Å². The van der Waals surface area contributed by atoms with Gasteiger partial charge in [0.2, 0.25) is 0 Å². The topological polar surface area (TPSA) is 20.3 Å². The molecule has 0 saturated carbocycles. The van der Waals surface area contributed by atoms with E-state index in [1.54, 1.807) is 29.2 Å². The average molecular weight is 346 g/mol. The Morgan fingerprint density at radius 2 is 2.10 bits per heavy atom. The van der Waals surface area contributed by atoms with Gasteiger partial charge in [-0.3, -0.25) is 9.69 Å². The molecule has 0 radical (unpaired) electrons. The summed E-state index contributed by atoms with van der Waals surface area (Å²) in [6.07, 6.45) is 1.76. The third-order valence-electron chi connectivity index (χ3n) is 2.67. The summed E-state index contributed by atoms with van der Waals surface area (Å²) in [6.45, 7) is 4.74. The van der Waals surface area contributed by atoms with Crippen LogP contribution < -0.4 is 0 Å². The van der Waals surface area contributed by atoms with Gasteiger partial charge in [0, 0.05) is 16.6 Å². The Kier molecular flexibility index (Phi) is 5.13. The van der Waals surface area contributed by atoms with Crippen molar-refractivity contribution in [2.45, 2.75) is 13.8 Å². The summed E-state index contributed by atoms with van der Waals surface area (Å²) in [6, 6.07) is 5.19. The SMILES string of the molecule is CC(C)CN1C(=O)C(=Cc2ccc(Cl)cc2Cl)SC1=S. The van der Waals surface area contributed by atoms with Gasteiger partial charge in [-0.2, -0.15) is 0 Å². The van der Waals surface area contributed by atoms with Gasteiger partial charge >= 0.3 is 0 Å². The van der Waals surface area contributed by atoms with Crippen LogP contribution in [0, 0.1) is 5.92 Å². The number of hydrogen-bond donors (Lipinski definition) is 0. The quantitative estimate of drug-likeness (QED) is 0.576. The lowest BCUT2D eigenvalue weighted by molar-refractivity contribution is -0.122. The normalized spacial score (nSPS) is 17.6. The maximum atomic E-state index is 12.3. The predicted octanol–water partition coefficient (Wildman–Crippen LogP) is 4.85. The van der Waals surface area contributed by atoms with Crippen molar-refractivity contribution in [3.8, 4) is 0 Å². The van der Waals surface area contributed by atoms with E-state index in [1.807, 2.05) is 0 Å². The van der Waals surface area contributed by atoms with E-state index in [4.69, 9.17) is 35.4 Å². The summed E-state index contributed by atoms with van der Waals surface area (Å²) >= 11 is 18.5. The van der Waals surface area contributed by atoms with Crippen LogP contribution in [0.1, 0.15) is 19.4 Å². The van der Waals surface area contributed by atoms with Gasteiger partial charge < -0.3 is 0 Å². The number of thioether (sulfide) groups is 1. The molecule has 0 N–H and O–H groups in total. The number of carbonyl (C=O) groups is 1. The van der Waals surface area contributed by atoms with Crippen molar-refractivity contribution in [1.29, 1.82) is 0 Å². The number of thiocarbonyl (C=S) groups is 1. The minimum absolute atomic E-state index is 0.0558. The van der Waals surface area contributed by atoms with Crippen LogP contribution in [0.3, 0.4) is 0 Å². The zero-order valence-corrected chi connectivity index (χ0v) is 14.2. The van der Waals surface area contributed by atoms with Crippen LogP contribution in [-0.4, -0.2) is 21.7 Å². The van der Waals surface area contributed by atoms with Crippen molar-refractivity contribution in [3.63, 3.8) is 0 Å². The molecule has 0 atom stereocenters. The fraction of sp³-hybridized carbons (Fsp3) is 0.286. The Labute approximate surface area is 138 Å². The molecule has 1 aromatic rings. The first-order valence-corrected chi connectivity index (χ1v) is 8.07. The maximum absolute atomic E-state index is 12.3. The molecule has 1 aliphatic heterocycles. The second-order valence-electron chi connectivity index (χ2n) is 4.85. The maximum Gasteiger partial charge on any atom is 0.266 e. The number of nitrogens with zero attached hydrogens (tertiary/aromatic N) is 1. The molecule has 2 nitrogen and oxygen atoms in total. The third-order valence-corrected chi connectivity index (χ3v) is 4.61. The lowest BCUT2D eigenvalue weighted by Crippen LogP contribution is -2.31. The number of amides is 1. The second-order valence-corrected chi connectivity index (χ2v) is 7.37. The minimum Gasteiger partial charge on any atom is -0.293 e. The van der Waals surface area contributed by atoms with Crippen molar-refractivity contribution in [2.75, 3.05) is 6.54 Å². The highest BCUT2D eigenvalue weighted by Crippen LogP contribution is 2.34. The average Bonchev–Trinajstić information content (AvgIpc) is 2.60. The monoisotopic (exact) mass is 345 g/mol. The van der Waals surface area contributed by atoms with Crippen LogP contribution in [0.4, 0.5) is 0 Å². The first kappa shape index (κ1) is 15.8. The lowest BCUT2D eigenvalue weighted by atomic mass is 10.2. The van der Waals surface area contributed by atoms with Crippen molar-refractivity contribution in [2.24, 2.45) is 5.92 Å². The van der Waals surface area contributed by atoms with Crippen LogP contribution in [0.5, 0.6) is 0 Å². The van der Waals surface area contributed by atoms with Gasteiger partial charge in [0.05, 0.1) is 4.91 Å². The Balaban J connectivity index is 2.27. The molecule has 0 aromatic heterocycles. The Morgan fingerprint density at radius 1 is 1.40 bits per heavy atom. The fourth-order valence-corrected chi connectivity index (χ4v) is 3.51. The number of hydrogen-bond acceptors (Lipinski definition) is 3. The van der Waals surface area contributed by atoms with Crippen molar-refractivity contribution < 1.29 is 4.79 Å². The van der Waals surface area contributed by atoms with E-state index in [0.29, 0.717) is 31.7 Å². The van der Waals surface area contributed by atoms with Gasteiger partial charge in [0.15, 0.2) is 0 Å². The fourth-order valence-electron chi connectivity index (χ4n) is 1.78. The van der Waals surface area contributed by atoms with E-state index in [1.165, 1.54) is 11.8 Å². The Hall–Kier alpha value is -0.550. The molecular formula is C14H13Cl2NOS2. The Morgan fingerprint density at radius 3 is 2.70 bits per heavy atom. The van der Waals surface area contributed by atoms with E-state index in [-0.39, 0.29) is 5.91 Å². The smallest absolute Gasteiger partial charge is 0.266 e. The van der Waals surface area contributed by atoms with E-state index in [0.717, 1.165) is 5.56 Å². The largest absolute Gasteiger partial charge is 0.293 e. The van der Waals surface area contributed by atoms with Gasteiger partial charge in [0.25, 0.3) is 5.91 Å². The molecule has 2 rings (SSSR count). The van der Waals surface area contributed by atoms with Gasteiger partial charge in [-0.15, -0.1) is 0 Å². The third kappa shape index (κ3) is 3.55. The standard InChI is InChI=1S/C14H13Cl2NOS2/c1-8(2)7-17-13(18)12(20-14(17)19)5-9-3-4-10(15)6-11(9)16/h3-6,8H,7H2,1-2H3. The first-order valence-electron chi connectivity index (χ1n) is 6.09. The molecule has 0 bridgehead atoms. The number of benzene rings is 1. The van der Waals surface area contributed by atoms with Crippen molar-refractivity contribution in [1.82, 2.24) is 4.90 Å². The molecule has 0 unspecified atom stereocenters. The molecule has 1 aliphatic rings. The van der Waals surface area contributed by atoms with E-state index < -0.39 is 0 Å². The molecule has 1 aromatic carbocycles. The van der Waals surface area contributed by atoms with E-state index >= 15 is 0 Å². The predicted molar refractivity (Wildman–Crippen MR) is 91.2 cm³/mol. The summed E-state index contributed by atoms with van der Waals surface area (Å²) in [4.78, 5) is 14.6. The molecule has 0 aliphatic carbocycles. The highest BCUT2D eigenvalue weighted by atomic mass is 35.5. The molecule has 106 valence electrons. The Bertz CT molecular complexity index is 599. The lowest BCUT2D eigenvalue weighted by Gasteiger charge is -2.16. The number of carbonyl (C=O) groups excluding carboxylic acids is 1. The zero-order chi connectivity index (χ0) is 14.9. The van der Waals surface area contributed by atoms with Crippen LogP contribution in [0.2, 0.25) is 10.0 Å². The van der Waals surface area contributed by atoms with Gasteiger partial charge in [-0.05, 0) is 29.7 Å². The molecule has 1 amide bonds. The van der Waals surface area contributed by atoms with Crippen LogP contribution in [0.15, 0.2) is 23.1 Å². The van der Waals surface area contributed by atoms with E-state index in [9.17, 15) is 4.79 Å². The van der Waals surface area contributed by atoms with E-state index in [2.05, 4.69) is 13.8 Å². The number of rotatable bonds is 3. The molecular weight excluding hydrogens is 333 g/mol. The summed E-state index contributed by atoms with van der Waals surface area (Å²) < 4.78 is 0.597. The van der Waals surface area contributed by atoms with Gasteiger partial charge in [0.1, 0.15) is 4.32 Å². The molecule has 0 spiro atoms. The zero-order valence-electron chi connectivity index (χ0n) is 11.0. The molecule has 6 heteroatoms. The molecule has 1 saturated heterocycles. The van der Waals surface area contributed by atoms with Crippen LogP contribution in [-0.2, 0) is 4.79 Å². The second kappa shape index (κ2) is 6.48.